The first-order chi connectivity index (χ1) is 13.0. The maximum atomic E-state index is 13.2. The largest absolute Gasteiger partial charge is 0.368 e. The normalized spacial score (nSPS) is 15.5. The van der Waals surface area contributed by atoms with E-state index in [-0.39, 0.29) is 11.9 Å². The zero-order valence-corrected chi connectivity index (χ0v) is 16.2. The van der Waals surface area contributed by atoms with Crippen molar-refractivity contribution in [3.63, 3.8) is 0 Å². The Kier molecular flexibility index (Phi) is 5.78. The van der Waals surface area contributed by atoms with Crippen molar-refractivity contribution in [3.05, 3.63) is 65.2 Å². The summed E-state index contributed by atoms with van der Waals surface area (Å²) in [6, 6.07) is 17.7. The smallest absolute Gasteiger partial charge is 0.244 e. The lowest BCUT2D eigenvalue weighted by molar-refractivity contribution is -0.136. The number of anilines is 1. The molecule has 0 bridgehead atoms. The molecule has 1 unspecified atom stereocenters. The molecule has 0 spiro atoms. The highest BCUT2D eigenvalue weighted by Crippen LogP contribution is 2.23. The Morgan fingerprint density at radius 2 is 1.59 bits per heavy atom. The van der Waals surface area contributed by atoms with Gasteiger partial charge < -0.3 is 9.80 Å². The van der Waals surface area contributed by atoms with Crippen LogP contribution in [0.5, 0.6) is 0 Å². The van der Waals surface area contributed by atoms with Gasteiger partial charge in [-0.3, -0.25) is 9.69 Å². The Labute approximate surface area is 161 Å². The Morgan fingerprint density at radius 1 is 1.00 bits per heavy atom. The van der Waals surface area contributed by atoms with Crippen molar-refractivity contribution in [2.75, 3.05) is 45.2 Å². The zero-order chi connectivity index (χ0) is 19.4. The number of rotatable bonds is 4. The maximum Gasteiger partial charge on any atom is 0.244 e. The summed E-state index contributed by atoms with van der Waals surface area (Å²) in [5, 5.41) is 8.93. The van der Waals surface area contributed by atoms with Gasteiger partial charge in [-0.05, 0) is 50.8 Å². The van der Waals surface area contributed by atoms with Crippen LogP contribution in [0.3, 0.4) is 0 Å². The van der Waals surface area contributed by atoms with Gasteiger partial charge in [0.25, 0.3) is 0 Å². The summed E-state index contributed by atoms with van der Waals surface area (Å²) in [6.45, 7) is 5.06. The molecule has 1 aliphatic rings. The van der Waals surface area contributed by atoms with E-state index in [1.54, 1.807) is 0 Å². The summed E-state index contributed by atoms with van der Waals surface area (Å²) in [7, 11) is 3.91. The molecule has 1 amide bonds. The number of benzene rings is 2. The second-order valence-electron chi connectivity index (χ2n) is 7.25. The van der Waals surface area contributed by atoms with Gasteiger partial charge in [-0.15, -0.1) is 0 Å². The molecule has 5 heteroatoms. The predicted octanol–water partition coefficient (Wildman–Crippen LogP) is 2.82. The van der Waals surface area contributed by atoms with E-state index in [9.17, 15) is 4.79 Å². The van der Waals surface area contributed by atoms with Gasteiger partial charge >= 0.3 is 0 Å². The lowest BCUT2D eigenvalue weighted by Gasteiger charge is -2.38. The number of aryl methyl sites for hydroxylation is 1. The highest BCUT2D eigenvalue weighted by atomic mass is 16.2. The molecule has 1 aliphatic heterocycles. The fourth-order valence-electron chi connectivity index (χ4n) is 3.52. The van der Waals surface area contributed by atoms with Crippen molar-refractivity contribution in [2.24, 2.45) is 0 Å². The number of carbonyl (C=O) groups is 1. The van der Waals surface area contributed by atoms with Crippen molar-refractivity contribution in [1.29, 1.82) is 5.26 Å². The molecule has 5 nitrogen and oxygen atoms in total. The topological polar surface area (TPSA) is 50.6 Å². The first-order valence-electron chi connectivity index (χ1n) is 9.26. The molecule has 2 aromatic rings. The van der Waals surface area contributed by atoms with E-state index in [1.807, 2.05) is 60.3 Å². The lowest BCUT2D eigenvalue weighted by atomic mass is 10.0. The predicted molar refractivity (Wildman–Crippen MR) is 108 cm³/mol. The van der Waals surface area contributed by atoms with Crippen molar-refractivity contribution < 1.29 is 4.79 Å². The molecule has 3 rings (SSSR count). The molecule has 1 atom stereocenters. The third-order valence-corrected chi connectivity index (χ3v) is 5.10. The minimum Gasteiger partial charge on any atom is -0.368 e. The van der Waals surface area contributed by atoms with Crippen LogP contribution in [0.4, 0.5) is 5.69 Å². The second-order valence-corrected chi connectivity index (χ2v) is 7.25. The average Bonchev–Trinajstić information content (AvgIpc) is 2.69. The standard InChI is InChI=1S/C22H26N4O/c1-17-4-8-19(9-5-17)21(24(2)3)22(27)26-14-12-25(13-15-26)20-10-6-18(16-23)7-11-20/h4-11,21H,12-15H2,1-3H3. The number of hydrogen-bond acceptors (Lipinski definition) is 4. The van der Waals surface area contributed by atoms with Crippen molar-refractivity contribution in [3.8, 4) is 6.07 Å². The molecule has 0 radical (unpaired) electrons. The molecule has 0 aromatic heterocycles. The van der Waals surface area contributed by atoms with E-state index in [0.717, 1.165) is 24.3 Å². The van der Waals surface area contributed by atoms with Crippen LogP contribution in [0.15, 0.2) is 48.5 Å². The third kappa shape index (κ3) is 4.29. The molecule has 0 saturated carbocycles. The van der Waals surface area contributed by atoms with Gasteiger partial charge in [-0.25, -0.2) is 0 Å². The van der Waals surface area contributed by atoms with Crippen LogP contribution in [0.25, 0.3) is 0 Å². The molecule has 0 aliphatic carbocycles. The summed E-state index contributed by atoms with van der Waals surface area (Å²) in [5.74, 6) is 0.156. The Balaban J connectivity index is 1.67. The molecule has 140 valence electrons. The number of likely N-dealkylation sites (N-methyl/N-ethyl adjacent to an activating group) is 1. The SMILES string of the molecule is Cc1ccc(C(C(=O)N2CCN(c3ccc(C#N)cc3)CC2)N(C)C)cc1. The van der Waals surface area contributed by atoms with Crippen molar-refractivity contribution in [2.45, 2.75) is 13.0 Å². The van der Waals surface area contributed by atoms with Gasteiger partial charge in [0.05, 0.1) is 11.6 Å². The average molecular weight is 362 g/mol. The number of nitriles is 1. The first-order valence-corrected chi connectivity index (χ1v) is 9.26. The van der Waals surface area contributed by atoms with E-state index >= 15 is 0 Å². The van der Waals surface area contributed by atoms with Gasteiger partial charge in [-0.1, -0.05) is 29.8 Å². The number of carbonyl (C=O) groups excluding carboxylic acids is 1. The molecule has 2 aromatic carbocycles. The summed E-state index contributed by atoms with van der Waals surface area (Å²) in [5.41, 5.74) is 3.99. The highest BCUT2D eigenvalue weighted by Gasteiger charge is 2.30. The minimum atomic E-state index is -0.257. The summed E-state index contributed by atoms with van der Waals surface area (Å²) >= 11 is 0. The van der Waals surface area contributed by atoms with E-state index < -0.39 is 0 Å². The molecular weight excluding hydrogens is 336 g/mol. The van der Waals surface area contributed by atoms with Gasteiger partial charge in [0.1, 0.15) is 6.04 Å². The van der Waals surface area contributed by atoms with Crippen LogP contribution in [0, 0.1) is 18.3 Å². The fraction of sp³-hybridized carbons (Fsp3) is 0.364. The monoisotopic (exact) mass is 362 g/mol. The molecule has 1 heterocycles. The molecular formula is C22H26N4O. The van der Waals surface area contributed by atoms with Crippen LogP contribution < -0.4 is 4.90 Å². The Morgan fingerprint density at radius 3 is 2.11 bits per heavy atom. The second kappa shape index (κ2) is 8.24. The van der Waals surface area contributed by atoms with Crippen LogP contribution >= 0.6 is 0 Å². The Bertz CT molecular complexity index is 813. The molecule has 0 N–H and O–H groups in total. The number of piperazine rings is 1. The maximum absolute atomic E-state index is 13.2. The van der Waals surface area contributed by atoms with E-state index in [4.69, 9.17) is 5.26 Å². The third-order valence-electron chi connectivity index (χ3n) is 5.10. The van der Waals surface area contributed by atoms with E-state index in [0.29, 0.717) is 18.7 Å². The summed E-state index contributed by atoms with van der Waals surface area (Å²) in [4.78, 5) is 19.4. The quantitative estimate of drug-likeness (QED) is 0.839. The van der Waals surface area contributed by atoms with Crippen LogP contribution in [0.2, 0.25) is 0 Å². The van der Waals surface area contributed by atoms with E-state index in [1.165, 1.54) is 5.56 Å². The minimum absolute atomic E-state index is 0.156. The van der Waals surface area contributed by atoms with Gasteiger partial charge in [0.2, 0.25) is 5.91 Å². The fourth-order valence-corrected chi connectivity index (χ4v) is 3.52. The number of amides is 1. The van der Waals surface area contributed by atoms with Crippen molar-refractivity contribution >= 4 is 11.6 Å². The first kappa shape index (κ1) is 18.9. The van der Waals surface area contributed by atoms with Crippen LogP contribution in [-0.2, 0) is 4.79 Å². The highest BCUT2D eigenvalue weighted by molar-refractivity contribution is 5.83. The number of nitrogens with zero attached hydrogens (tertiary/aromatic N) is 4. The van der Waals surface area contributed by atoms with Crippen molar-refractivity contribution in [1.82, 2.24) is 9.80 Å². The van der Waals surface area contributed by atoms with Gasteiger partial charge in [-0.2, -0.15) is 5.26 Å². The summed E-state index contributed by atoms with van der Waals surface area (Å²) in [6.07, 6.45) is 0. The number of hydrogen-bond donors (Lipinski definition) is 0. The summed E-state index contributed by atoms with van der Waals surface area (Å²) < 4.78 is 0. The lowest BCUT2D eigenvalue weighted by Crippen LogP contribution is -2.51. The van der Waals surface area contributed by atoms with E-state index in [2.05, 4.69) is 30.0 Å². The van der Waals surface area contributed by atoms with Gasteiger partial charge in [0, 0.05) is 31.9 Å². The van der Waals surface area contributed by atoms with Crippen LogP contribution in [0.1, 0.15) is 22.7 Å². The van der Waals surface area contributed by atoms with Gasteiger partial charge in [0.15, 0.2) is 0 Å². The molecule has 1 fully saturated rings. The van der Waals surface area contributed by atoms with Crippen LogP contribution in [-0.4, -0.2) is 56.0 Å². The Hall–Kier alpha value is -2.84. The molecule has 1 saturated heterocycles. The zero-order valence-electron chi connectivity index (χ0n) is 16.2. The molecule has 27 heavy (non-hydrogen) atoms.